The highest BCUT2D eigenvalue weighted by molar-refractivity contribution is 7.09. The van der Waals surface area contributed by atoms with Gasteiger partial charge in [0, 0.05) is 36.6 Å². The fourth-order valence-corrected chi connectivity index (χ4v) is 6.26. The Morgan fingerprint density at radius 3 is 2.46 bits per heavy atom. The SMILES string of the molecule is COC[C@@H]1C[C@@](Cc2ccccc2)(C(=O)O)N(C(=O)c2ccc(C(C)(C)C)c(OC)c2)[C@H]1c1nccs1. The molecule has 0 aliphatic carbocycles. The summed E-state index contributed by atoms with van der Waals surface area (Å²) in [4.78, 5) is 33.6. The molecule has 0 bridgehead atoms. The normalized spacial score (nSPS) is 21.7. The average Bonchev–Trinajstić information content (AvgIpc) is 3.50. The number of carbonyl (C=O) groups is 2. The second-order valence-electron chi connectivity index (χ2n) is 10.6. The molecule has 3 aromatic rings. The number of carboxylic acids is 1. The van der Waals surface area contributed by atoms with Crippen LogP contribution in [0, 0.1) is 5.92 Å². The number of thiazole rings is 1. The number of aliphatic carboxylic acids is 1. The van der Waals surface area contributed by atoms with Gasteiger partial charge in [0.15, 0.2) is 0 Å². The Hall–Kier alpha value is -3.23. The topological polar surface area (TPSA) is 89.0 Å². The number of methoxy groups -OCH3 is 2. The average molecular weight is 523 g/mol. The number of benzene rings is 2. The number of rotatable bonds is 8. The molecule has 1 N–H and O–H groups in total. The highest BCUT2D eigenvalue weighted by Gasteiger charge is 2.59. The van der Waals surface area contributed by atoms with E-state index in [0.717, 1.165) is 11.1 Å². The largest absolute Gasteiger partial charge is 0.496 e. The van der Waals surface area contributed by atoms with Gasteiger partial charge in [-0.25, -0.2) is 9.78 Å². The van der Waals surface area contributed by atoms with Gasteiger partial charge >= 0.3 is 5.97 Å². The van der Waals surface area contributed by atoms with Crippen molar-refractivity contribution in [3.63, 3.8) is 0 Å². The summed E-state index contributed by atoms with van der Waals surface area (Å²) in [5, 5.41) is 13.3. The third-order valence-electron chi connectivity index (χ3n) is 7.08. The molecule has 1 amide bonds. The van der Waals surface area contributed by atoms with Crippen LogP contribution in [0.4, 0.5) is 0 Å². The molecule has 0 saturated carbocycles. The monoisotopic (exact) mass is 522 g/mol. The minimum atomic E-state index is -1.48. The zero-order valence-electron chi connectivity index (χ0n) is 21.9. The molecule has 196 valence electrons. The predicted molar refractivity (Wildman–Crippen MR) is 143 cm³/mol. The Balaban J connectivity index is 1.89. The van der Waals surface area contributed by atoms with Crippen LogP contribution in [0.15, 0.2) is 60.1 Å². The first-order valence-corrected chi connectivity index (χ1v) is 13.2. The lowest BCUT2D eigenvalue weighted by Gasteiger charge is -2.38. The second-order valence-corrected chi connectivity index (χ2v) is 11.5. The van der Waals surface area contributed by atoms with E-state index in [2.05, 4.69) is 25.8 Å². The van der Waals surface area contributed by atoms with Crippen molar-refractivity contribution in [3.8, 4) is 5.75 Å². The number of hydrogen-bond acceptors (Lipinski definition) is 6. The maximum absolute atomic E-state index is 14.4. The second kappa shape index (κ2) is 10.6. The van der Waals surface area contributed by atoms with E-state index in [1.807, 2.05) is 41.8 Å². The first kappa shape index (κ1) is 26.8. The van der Waals surface area contributed by atoms with Crippen LogP contribution in [0.5, 0.6) is 5.75 Å². The molecule has 1 aromatic heterocycles. The lowest BCUT2D eigenvalue weighted by atomic mass is 9.84. The number of amides is 1. The molecule has 0 unspecified atom stereocenters. The van der Waals surface area contributed by atoms with E-state index < -0.39 is 17.6 Å². The zero-order valence-corrected chi connectivity index (χ0v) is 22.7. The van der Waals surface area contributed by atoms with Crippen LogP contribution >= 0.6 is 11.3 Å². The van der Waals surface area contributed by atoms with Crippen LogP contribution in [0.3, 0.4) is 0 Å². The number of nitrogens with zero attached hydrogens (tertiary/aromatic N) is 2. The minimum absolute atomic E-state index is 0.175. The van der Waals surface area contributed by atoms with Crippen LogP contribution in [0.1, 0.15) is 59.7 Å². The summed E-state index contributed by atoms with van der Waals surface area (Å²) in [5.41, 5.74) is 0.525. The van der Waals surface area contributed by atoms with E-state index in [-0.39, 0.29) is 30.1 Å². The summed E-state index contributed by atoms with van der Waals surface area (Å²) in [6.45, 7) is 6.55. The summed E-state index contributed by atoms with van der Waals surface area (Å²) >= 11 is 1.42. The maximum Gasteiger partial charge on any atom is 0.330 e. The first-order valence-electron chi connectivity index (χ1n) is 12.3. The van der Waals surface area contributed by atoms with Crippen LogP contribution in [0.2, 0.25) is 0 Å². The van der Waals surface area contributed by atoms with Gasteiger partial charge in [0.2, 0.25) is 0 Å². The van der Waals surface area contributed by atoms with Crippen molar-refractivity contribution >= 4 is 23.2 Å². The summed E-state index contributed by atoms with van der Waals surface area (Å²) in [5.74, 6) is -1.05. The fraction of sp³-hybridized carbons (Fsp3) is 0.414. The van der Waals surface area contributed by atoms with Crippen molar-refractivity contribution in [3.05, 3.63) is 81.8 Å². The number of aromatic nitrogens is 1. The van der Waals surface area contributed by atoms with Gasteiger partial charge in [-0.3, -0.25) is 4.79 Å². The van der Waals surface area contributed by atoms with Gasteiger partial charge in [-0.05, 0) is 35.1 Å². The van der Waals surface area contributed by atoms with Gasteiger partial charge < -0.3 is 19.5 Å². The maximum atomic E-state index is 14.4. The Morgan fingerprint density at radius 2 is 1.89 bits per heavy atom. The van der Waals surface area contributed by atoms with Crippen molar-refractivity contribution in [1.29, 1.82) is 0 Å². The standard InChI is InChI=1S/C29H34N2O5S/c1-28(2,3)22-12-11-20(15-23(22)36-5)26(32)31-24(25-30-13-14-37-25)21(18-35-4)17-29(31,27(33)34)16-19-9-7-6-8-10-19/h6-15,21,24H,16-18H2,1-5H3,(H,33,34)/t21-,24+,29-/m0/s1. The Bertz CT molecular complexity index is 1240. The Morgan fingerprint density at radius 1 is 1.16 bits per heavy atom. The highest BCUT2D eigenvalue weighted by atomic mass is 32.1. The van der Waals surface area contributed by atoms with Crippen molar-refractivity contribution < 1.29 is 24.2 Å². The van der Waals surface area contributed by atoms with E-state index in [1.165, 1.54) is 11.3 Å². The van der Waals surface area contributed by atoms with Gasteiger partial charge in [0.25, 0.3) is 5.91 Å². The third kappa shape index (κ3) is 5.13. The number of likely N-dealkylation sites (tertiary alicyclic amines) is 1. The molecule has 37 heavy (non-hydrogen) atoms. The molecule has 8 heteroatoms. The molecular weight excluding hydrogens is 488 g/mol. The van der Waals surface area contributed by atoms with Gasteiger partial charge in [0.1, 0.15) is 16.3 Å². The van der Waals surface area contributed by atoms with Crippen LogP contribution in [-0.4, -0.2) is 53.2 Å². The lowest BCUT2D eigenvalue weighted by molar-refractivity contribution is -0.149. The predicted octanol–water partition coefficient (Wildman–Crippen LogP) is 5.37. The van der Waals surface area contributed by atoms with Crippen molar-refractivity contribution in [1.82, 2.24) is 9.88 Å². The molecule has 1 fully saturated rings. The molecule has 0 radical (unpaired) electrons. The molecule has 4 rings (SSSR count). The first-order chi connectivity index (χ1) is 17.6. The summed E-state index contributed by atoms with van der Waals surface area (Å²) < 4.78 is 11.2. The van der Waals surface area contributed by atoms with Crippen molar-refractivity contribution in [2.24, 2.45) is 5.92 Å². The number of ether oxygens (including phenoxy) is 2. The molecule has 2 heterocycles. The van der Waals surface area contributed by atoms with Crippen LogP contribution in [-0.2, 0) is 21.4 Å². The summed E-state index contributed by atoms with van der Waals surface area (Å²) in [6.07, 6.45) is 2.11. The summed E-state index contributed by atoms with van der Waals surface area (Å²) in [7, 11) is 3.18. The smallest absolute Gasteiger partial charge is 0.330 e. The van der Waals surface area contributed by atoms with Gasteiger partial charge in [0.05, 0.1) is 19.8 Å². The van der Waals surface area contributed by atoms with Gasteiger partial charge in [-0.1, -0.05) is 57.2 Å². The van der Waals surface area contributed by atoms with Gasteiger partial charge in [-0.15, -0.1) is 11.3 Å². The van der Waals surface area contributed by atoms with Gasteiger partial charge in [-0.2, -0.15) is 0 Å². The van der Waals surface area contributed by atoms with E-state index in [9.17, 15) is 14.7 Å². The number of hydrogen-bond donors (Lipinski definition) is 1. The van der Waals surface area contributed by atoms with Crippen LogP contribution in [0.25, 0.3) is 0 Å². The van der Waals surface area contributed by atoms with E-state index >= 15 is 0 Å². The molecule has 1 saturated heterocycles. The molecule has 1 aliphatic rings. The fourth-order valence-electron chi connectivity index (χ4n) is 5.44. The Kier molecular flexibility index (Phi) is 7.71. The molecule has 7 nitrogen and oxygen atoms in total. The number of carboxylic acid groups (broad SMARTS) is 1. The molecular formula is C29H34N2O5S. The van der Waals surface area contributed by atoms with E-state index in [1.54, 1.807) is 37.4 Å². The molecule has 0 spiro atoms. The van der Waals surface area contributed by atoms with E-state index in [4.69, 9.17) is 9.47 Å². The Labute approximate surface area is 222 Å². The highest BCUT2D eigenvalue weighted by Crippen LogP contribution is 2.50. The minimum Gasteiger partial charge on any atom is -0.496 e. The zero-order chi connectivity index (χ0) is 26.8. The molecule has 3 atom stereocenters. The van der Waals surface area contributed by atoms with Crippen molar-refractivity contribution in [2.75, 3.05) is 20.8 Å². The van der Waals surface area contributed by atoms with E-state index in [0.29, 0.717) is 22.9 Å². The molecule has 2 aromatic carbocycles. The summed E-state index contributed by atoms with van der Waals surface area (Å²) in [6, 6.07) is 14.3. The molecule has 1 aliphatic heterocycles. The van der Waals surface area contributed by atoms with Crippen molar-refractivity contribution in [2.45, 2.75) is 50.6 Å². The quantitative estimate of drug-likeness (QED) is 0.428. The third-order valence-corrected chi connectivity index (χ3v) is 7.93. The lowest BCUT2D eigenvalue weighted by Crippen LogP contribution is -2.55. The number of carbonyl (C=O) groups excluding carboxylic acids is 1. The van der Waals surface area contributed by atoms with Crippen LogP contribution < -0.4 is 4.74 Å².